The van der Waals surface area contributed by atoms with Crippen LogP contribution in [-0.2, 0) is 4.74 Å². The van der Waals surface area contributed by atoms with Gasteiger partial charge in [0.15, 0.2) is 0 Å². The number of hydrogen-bond donors (Lipinski definition) is 0. The van der Waals surface area contributed by atoms with E-state index in [0.717, 1.165) is 30.5 Å². The Morgan fingerprint density at radius 1 is 1.22 bits per heavy atom. The third-order valence-electron chi connectivity index (χ3n) is 4.39. The van der Waals surface area contributed by atoms with Gasteiger partial charge in [-0.15, -0.1) is 0 Å². The first-order valence-corrected chi connectivity index (χ1v) is 6.84. The number of rotatable bonds is 2. The van der Waals surface area contributed by atoms with Crippen molar-refractivity contribution in [1.82, 2.24) is 9.97 Å². The molecule has 4 heteroatoms. The largest absolute Gasteiger partial charge is 0.381 e. The number of aryl methyl sites for hydroxylation is 1. The van der Waals surface area contributed by atoms with E-state index in [1.165, 1.54) is 19.3 Å². The quantitative estimate of drug-likeness (QED) is 0.801. The molecule has 1 aromatic heterocycles. The molecular formula is C14H21N3O. The molecular weight excluding hydrogens is 226 g/mol. The Morgan fingerprint density at radius 3 is 2.72 bits per heavy atom. The molecule has 4 nitrogen and oxygen atoms in total. The van der Waals surface area contributed by atoms with Crippen LogP contribution in [0.5, 0.6) is 0 Å². The Kier molecular flexibility index (Phi) is 3.20. The van der Waals surface area contributed by atoms with Crippen molar-refractivity contribution < 1.29 is 4.74 Å². The van der Waals surface area contributed by atoms with E-state index in [4.69, 9.17) is 4.74 Å². The smallest absolute Gasteiger partial charge is 0.225 e. The Balaban J connectivity index is 1.75. The molecule has 3 rings (SSSR count). The van der Waals surface area contributed by atoms with Crippen molar-refractivity contribution in [3.05, 3.63) is 18.0 Å². The van der Waals surface area contributed by atoms with Crippen LogP contribution in [0.1, 0.15) is 24.8 Å². The van der Waals surface area contributed by atoms with E-state index in [0.29, 0.717) is 12.0 Å². The van der Waals surface area contributed by atoms with E-state index >= 15 is 0 Å². The maximum atomic E-state index is 5.64. The Morgan fingerprint density at radius 2 is 2.00 bits per heavy atom. The van der Waals surface area contributed by atoms with Crippen molar-refractivity contribution in [2.24, 2.45) is 11.8 Å². The minimum atomic E-state index is 0.430. The molecule has 2 aliphatic rings. The summed E-state index contributed by atoms with van der Waals surface area (Å²) < 4.78 is 5.64. The van der Waals surface area contributed by atoms with E-state index in [2.05, 4.69) is 14.9 Å². The van der Waals surface area contributed by atoms with Crippen LogP contribution in [0.4, 0.5) is 5.95 Å². The molecule has 0 spiro atoms. The zero-order chi connectivity index (χ0) is 12.5. The predicted octanol–water partition coefficient (Wildman–Crippen LogP) is 2.04. The van der Waals surface area contributed by atoms with Crippen molar-refractivity contribution >= 4 is 5.95 Å². The zero-order valence-electron chi connectivity index (χ0n) is 11.2. The molecule has 98 valence electrons. The van der Waals surface area contributed by atoms with Crippen LogP contribution < -0.4 is 4.90 Å². The average molecular weight is 247 g/mol. The van der Waals surface area contributed by atoms with Crippen LogP contribution in [0.25, 0.3) is 0 Å². The molecule has 2 fully saturated rings. The third-order valence-corrected chi connectivity index (χ3v) is 4.39. The standard InChI is InChI=1S/C14H21N3O/c1-10-6-15-14(16-7-10)17-8-11-4-3-5-13(18-2)12(11)9-17/h6-7,11-13H,3-5,8-9H2,1-2H3/t11-,12+,13?/m0/s1. The minimum absolute atomic E-state index is 0.430. The highest BCUT2D eigenvalue weighted by molar-refractivity contribution is 5.32. The van der Waals surface area contributed by atoms with Gasteiger partial charge in [-0.25, -0.2) is 9.97 Å². The second-order valence-electron chi connectivity index (χ2n) is 5.59. The molecule has 1 saturated carbocycles. The van der Waals surface area contributed by atoms with Gasteiger partial charge >= 0.3 is 0 Å². The molecule has 0 amide bonds. The Bertz CT molecular complexity index is 406. The predicted molar refractivity (Wildman–Crippen MR) is 70.6 cm³/mol. The maximum absolute atomic E-state index is 5.64. The van der Waals surface area contributed by atoms with Gasteiger partial charge in [0.2, 0.25) is 5.95 Å². The topological polar surface area (TPSA) is 38.2 Å². The van der Waals surface area contributed by atoms with Gasteiger partial charge in [0, 0.05) is 38.5 Å². The van der Waals surface area contributed by atoms with E-state index in [1.54, 1.807) is 0 Å². The summed E-state index contributed by atoms with van der Waals surface area (Å²) in [7, 11) is 1.85. The number of fused-ring (bicyclic) bond motifs is 1. The Labute approximate surface area is 108 Å². The lowest BCUT2D eigenvalue weighted by Gasteiger charge is -2.31. The van der Waals surface area contributed by atoms with Crippen molar-refractivity contribution in [2.75, 3.05) is 25.1 Å². The number of hydrogen-bond acceptors (Lipinski definition) is 4. The normalized spacial score (nSPS) is 31.4. The fourth-order valence-electron chi connectivity index (χ4n) is 3.42. The van der Waals surface area contributed by atoms with Crippen LogP contribution in [0.2, 0.25) is 0 Å². The van der Waals surface area contributed by atoms with Gasteiger partial charge in [0.05, 0.1) is 6.10 Å². The number of methoxy groups -OCH3 is 1. The molecule has 0 bridgehead atoms. The van der Waals surface area contributed by atoms with Gasteiger partial charge in [0.25, 0.3) is 0 Å². The van der Waals surface area contributed by atoms with E-state index in [-0.39, 0.29) is 0 Å². The summed E-state index contributed by atoms with van der Waals surface area (Å²) in [6.07, 6.45) is 8.06. The second kappa shape index (κ2) is 4.84. The van der Waals surface area contributed by atoms with E-state index < -0.39 is 0 Å². The van der Waals surface area contributed by atoms with Crippen molar-refractivity contribution in [1.29, 1.82) is 0 Å². The highest BCUT2D eigenvalue weighted by Crippen LogP contribution is 2.38. The first-order chi connectivity index (χ1) is 8.78. The van der Waals surface area contributed by atoms with Crippen molar-refractivity contribution in [3.8, 4) is 0 Å². The van der Waals surface area contributed by atoms with Crippen LogP contribution in [-0.4, -0.2) is 36.3 Å². The van der Waals surface area contributed by atoms with Gasteiger partial charge < -0.3 is 9.64 Å². The summed E-state index contributed by atoms with van der Waals surface area (Å²) in [6, 6.07) is 0. The molecule has 1 saturated heterocycles. The highest BCUT2D eigenvalue weighted by atomic mass is 16.5. The summed E-state index contributed by atoms with van der Waals surface area (Å²) in [4.78, 5) is 11.2. The summed E-state index contributed by atoms with van der Waals surface area (Å²) in [6.45, 7) is 4.16. The van der Waals surface area contributed by atoms with Crippen molar-refractivity contribution in [2.45, 2.75) is 32.3 Å². The number of aromatic nitrogens is 2. The van der Waals surface area contributed by atoms with Gasteiger partial charge in [-0.1, -0.05) is 6.42 Å². The molecule has 18 heavy (non-hydrogen) atoms. The lowest BCUT2D eigenvalue weighted by molar-refractivity contribution is 0.0140. The molecule has 0 radical (unpaired) electrons. The minimum Gasteiger partial charge on any atom is -0.381 e. The lowest BCUT2D eigenvalue weighted by atomic mass is 9.79. The van der Waals surface area contributed by atoms with Crippen molar-refractivity contribution in [3.63, 3.8) is 0 Å². The van der Waals surface area contributed by atoms with E-state index in [1.807, 2.05) is 26.4 Å². The maximum Gasteiger partial charge on any atom is 0.225 e. The van der Waals surface area contributed by atoms with E-state index in [9.17, 15) is 0 Å². The SMILES string of the molecule is COC1CCC[C@H]2CN(c3ncc(C)cn3)C[C@@H]12. The average Bonchev–Trinajstić information content (AvgIpc) is 2.83. The molecule has 0 N–H and O–H groups in total. The van der Waals surface area contributed by atoms with Crippen LogP contribution >= 0.6 is 0 Å². The van der Waals surface area contributed by atoms with Crippen LogP contribution in [0, 0.1) is 18.8 Å². The summed E-state index contributed by atoms with van der Waals surface area (Å²) in [5.41, 5.74) is 1.12. The van der Waals surface area contributed by atoms with Gasteiger partial charge in [-0.05, 0) is 31.2 Å². The van der Waals surface area contributed by atoms with Gasteiger partial charge in [-0.2, -0.15) is 0 Å². The van der Waals surface area contributed by atoms with Crippen LogP contribution in [0.3, 0.4) is 0 Å². The second-order valence-corrected chi connectivity index (χ2v) is 5.59. The molecule has 1 aliphatic carbocycles. The fourth-order valence-corrected chi connectivity index (χ4v) is 3.42. The monoisotopic (exact) mass is 247 g/mol. The van der Waals surface area contributed by atoms with Crippen LogP contribution in [0.15, 0.2) is 12.4 Å². The third kappa shape index (κ3) is 2.09. The fraction of sp³-hybridized carbons (Fsp3) is 0.714. The molecule has 3 atom stereocenters. The molecule has 0 aromatic carbocycles. The molecule has 1 aliphatic heterocycles. The first kappa shape index (κ1) is 11.9. The Hall–Kier alpha value is -1.16. The number of ether oxygens (including phenoxy) is 1. The van der Waals surface area contributed by atoms with Gasteiger partial charge in [0.1, 0.15) is 0 Å². The first-order valence-electron chi connectivity index (χ1n) is 6.84. The zero-order valence-corrected chi connectivity index (χ0v) is 11.2. The summed E-state index contributed by atoms with van der Waals surface area (Å²) in [5.74, 6) is 2.30. The molecule has 2 heterocycles. The summed E-state index contributed by atoms with van der Waals surface area (Å²) >= 11 is 0. The summed E-state index contributed by atoms with van der Waals surface area (Å²) in [5, 5.41) is 0. The molecule has 1 unspecified atom stereocenters. The lowest BCUT2D eigenvalue weighted by Crippen LogP contribution is -2.33. The number of nitrogens with zero attached hydrogens (tertiary/aromatic N) is 3. The number of anilines is 1. The highest BCUT2D eigenvalue weighted by Gasteiger charge is 2.41. The molecule has 1 aromatic rings. The van der Waals surface area contributed by atoms with Gasteiger partial charge in [-0.3, -0.25) is 0 Å².